The number of rotatable bonds is 4. The largest absolute Gasteiger partial charge is 0.573 e. The Morgan fingerprint density at radius 1 is 1.15 bits per heavy atom. The van der Waals surface area contributed by atoms with Gasteiger partial charge in [0.25, 0.3) is 0 Å². The number of aromatic nitrogens is 1. The van der Waals surface area contributed by atoms with Crippen LogP contribution in [0.1, 0.15) is 5.56 Å². The minimum absolute atomic E-state index is 0.236. The molecule has 0 saturated carbocycles. The SMILES string of the molecule is Fc1cncc(CNc2cccc(OC(F)(F)F)c2)c1. The van der Waals surface area contributed by atoms with E-state index in [2.05, 4.69) is 15.0 Å². The summed E-state index contributed by atoms with van der Waals surface area (Å²) in [6, 6.07) is 6.70. The van der Waals surface area contributed by atoms with Gasteiger partial charge in [0.05, 0.1) is 6.20 Å². The minimum Gasteiger partial charge on any atom is -0.406 e. The van der Waals surface area contributed by atoms with Crippen molar-refractivity contribution in [3.05, 3.63) is 54.1 Å². The maximum Gasteiger partial charge on any atom is 0.573 e. The highest BCUT2D eigenvalue weighted by atomic mass is 19.4. The number of benzene rings is 1. The first-order valence-corrected chi connectivity index (χ1v) is 5.61. The monoisotopic (exact) mass is 286 g/mol. The van der Waals surface area contributed by atoms with E-state index in [9.17, 15) is 17.6 Å². The molecule has 0 radical (unpaired) electrons. The van der Waals surface area contributed by atoms with Crippen molar-refractivity contribution in [3.8, 4) is 5.75 Å². The highest BCUT2D eigenvalue weighted by Crippen LogP contribution is 2.25. The van der Waals surface area contributed by atoms with Gasteiger partial charge < -0.3 is 10.1 Å². The predicted molar refractivity (Wildman–Crippen MR) is 64.6 cm³/mol. The Morgan fingerprint density at radius 2 is 1.95 bits per heavy atom. The van der Waals surface area contributed by atoms with Gasteiger partial charge >= 0.3 is 6.36 Å². The molecule has 0 bridgehead atoms. The van der Waals surface area contributed by atoms with Crippen LogP contribution in [0.4, 0.5) is 23.2 Å². The van der Waals surface area contributed by atoms with Gasteiger partial charge in [-0.3, -0.25) is 4.98 Å². The second-order valence-corrected chi connectivity index (χ2v) is 3.94. The zero-order valence-electron chi connectivity index (χ0n) is 10.1. The van der Waals surface area contributed by atoms with E-state index in [0.717, 1.165) is 6.20 Å². The van der Waals surface area contributed by atoms with Crippen LogP contribution in [0.5, 0.6) is 5.75 Å². The number of halogens is 4. The average Bonchev–Trinajstić information content (AvgIpc) is 2.35. The number of hydrogen-bond acceptors (Lipinski definition) is 3. The maximum atomic E-state index is 12.9. The van der Waals surface area contributed by atoms with Crippen LogP contribution in [0.3, 0.4) is 0 Å². The molecule has 7 heteroatoms. The van der Waals surface area contributed by atoms with Crippen molar-refractivity contribution in [1.82, 2.24) is 4.98 Å². The molecule has 2 aromatic rings. The molecular weight excluding hydrogens is 276 g/mol. The van der Waals surface area contributed by atoms with Gasteiger partial charge in [0.1, 0.15) is 11.6 Å². The summed E-state index contributed by atoms with van der Waals surface area (Å²) < 4.78 is 52.9. The summed E-state index contributed by atoms with van der Waals surface area (Å²) in [6.45, 7) is 0.236. The lowest BCUT2D eigenvalue weighted by molar-refractivity contribution is -0.274. The molecule has 1 aromatic heterocycles. The molecule has 0 spiro atoms. The van der Waals surface area contributed by atoms with Gasteiger partial charge in [0.15, 0.2) is 0 Å². The average molecular weight is 286 g/mol. The first kappa shape index (κ1) is 14.1. The predicted octanol–water partition coefficient (Wildman–Crippen LogP) is 3.73. The van der Waals surface area contributed by atoms with E-state index in [4.69, 9.17) is 0 Å². The van der Waals surface area contributed by atoms with Crippen molar-refractivity contribution in [1.29, 1.82) is 0 Å². The van der Waals surface area contributed by atoms with Gasteiger partial charge in [-0.2, -0.15) is 0 Å². The zero-order chi connectivity index (χ0) is 14.6. The van der Waals surface area contributed by atoms with Crippen LogP contribution in [0, 0.1) is 5.82 Å². The molecule has 0 fully saturated rings. The summed E-state index contributed by atoms with van der Waals surface area (Å²) in [5, 5.41) is 2.86. The van der Waals surface area contributed by atoms with Crippen molar-refractivity contribution in [2.24, 2.45) is 0 Å². The van der Waals surface area contributed by atoms with Crippen LogP contribution in [0.15, 0.2) is 42.7 Å². The van der Waals surface area contributed by atoms with E-state index in [1.54, 1.807) is 6.07 Å². The third kappa shape index (κ3) is 4.42. The number of ether oxygens (including phenoxy) is 1. The molecule has 2 rings (SSSR count). The van der Waals surface area contributed by atoms with E-state index < -0.39 is 12.2 Å². The molecule has 3 nitrogen and oxygen atoms in total. The second kappa shape index (κ2) is 5.77. The zero-order valence-corrected chi connectivity index (χ0v) is 10.1. The van der Waals surface area contributed by atoms with E-state index >= 15 is 0 Å². The smallest absolute Gasteiger partial charge is 0.406 e. The van der Waals surface area contributed by atoms with E-state index in [1.165, 1.54) is 30.5 Å². The van der Waals surface area contributed by atoms with Crippen molar-refractivity contribution in [3.63, 3.8) is 0 Å². The third-order valence-electron chi connectivity index (χ3n) is 2.33. The standard InChI is InChI=1S/C13H10F4N2O/c14-10-4-9(6-18-8-10)7-19-11-2-1-3-12(5-11)20-13(15,16)17/h1-6,8,19H,7H2. The Hall–Kier alpha value is -2.31. The Labute approximate surface area is 112 Å². The van der Waals surface area contributed by atoms with E-state index in [0.29, 0.717) is 11.3 Å². The summed E-state index contributed by atoms with van der Waals surface area (Å²) in [4.78, 5) is 3.67. The molecule has 0 amide bonds. The Morgan fingerprint density at radius 3 is 2.65 bits per heavy atom. The fourth-order valence-electron chi connectivity index (χ4n) is 1.56. The molecule has 1 N–H and O–H groups in total. The second-order valence-electron chi connectivity index (χ2n) is 3.94. The molecule has 20 heavy (non-hydrogen) atoms. The van der Waals surface area contributed by atoms with Gasteiger partial charge in [-0.15, -0.1) is 13.2 Å². The van der Waals surface area contributed by atoms with Crippen LogP contribution < -0.4 is 10.1 Å². The summed E-state index contributed by atoms with van der Waals surface area (Å²) in [6.07, 6.45) is -2.20. The van der Waals surface area contributed by atoms with Crippen LogP contribution in [-0.2, 0) is 6.54 Å². The number of nitrogens with one attached hydrogen (secondary N) is 1. The molecule has 0 aliphatic heterocycles. The van der Waals surface area contributed by atoms with Crippen molar-refractivity contribution in [2.45, 2.75) is 12.9 Å². The Balaban J connectivity index is 2.01. The fraction of sp³-hybridized carbons (Fsp3) is 0.154. The summed E-state index contributed by atoms with van der Waals surface area (Å²) in [5.74, 6) is -0.793. The lowest BCUT2D eigenvalue weighted by atomic mass is 10.2. The molecule has 0 aliphatic rings. The quantitative estimate of drug-likeness (QED) is 0.870. The normalized spacial score (nSPS) is 11.2. The molecule has 0 unspecified atom stereocenters. The Bertz CT molecular complexity index is 587. The Kier molecular flexibility index (Phi) is 4.07. The van der Waals surface area contributed by atoms with E-state index in [1.807, 2.05) is 0 Å². The molecule has 106 valence electrons. The third-order valence-corrected chi connectivity index (χ3v) is 2.33. The molecule has 0 atom stereocenters. The summed E-state index contributed by atoms with van der Waals surface area (Å²) in [7, 11) is 0. The topological polar surface area (TPSA) is 34.2 Å². The van der Waals surface area contributed by atoms with Gasteiger partial charge in [-0.05, 0) is 23.8 Å². The van der Waals surface area contributed by atoms with Crippen LogP contribution in [0.25, 0.3) is 0 Å². The minimum atomic E-state index is -4.73. The lowest BCUT2D eigenvalue weighted by Crippen LogP contribution is -2.17. The first-order chi connectivity index (χ1) is 9.42. The number of alkyl halides is 3. The van der Waals surface area contributed by atoms with Crippen LogP contribution >= 0.6 is 0 Å². The number of pyridine rings is 1. The van der Waals surface area contributed by atoms with Crippen molar-refractivity contribution < 1.29 is 22.3 Å². The van der Waals surface area contributed by atoms with Crippen molar-refractivity contribution in [2.75, 3.05) is 5.32 Å². The maximum absolute atomic E-state index is 12.9. The van der Waals surface area contributed by atoms with Gasteiger partial charge in [0.2, 0.25) is 0 Å². The molecular formula is C13H10F4N2O. The molecule has 0 aliphatic carbocycles. The van der Waals surface area contributed by atoms with Gasteiger partial charge in [-0.25, -0.2) is 4.39 Å². The lowest BCUT2D eigenvalue weighted by Gasteiger charge is -2.11. The van der Waals surface area contributed by atoms with Crippen LogP contribution in [-0.4, -0.2) is 11.3 Å². The van der Waals surface area contributed by atoms with Gasteiger partial charge in [0, 0.05) is 24.5 Å². The van der Waals surface area contributed by atoms with Gasteiger partial charge in [-0.1, -0.05) is 6.07 Å². The highest BCUT2D eigenvalue weighted by molar-refractivity contribution is 5.48. The first-order valence-electron chi connectivity index (χ1n) is 5.61. The number of anilines is 1. The van der Waals surface area contributed by atoms with E-state index in [-0.39, 0.29) is 12.3 Å². The molecule has 0 saturated heterocycles. The summed E-state index contributed by atoms with van der Waals surface area (Å²) >= 11 is 0. The fourth-order valence-corrected chi connectivity index (χ4v) is 1.56. The highest BCUT2D eigenvalue weighted by Gasteiger charge is 2.31. The van der Waals surface area contributed by atoms with Crippen molar-refractivity contribution >= 4 is 5.69 Å². The van der Waals surface area contributed by atoms with Crippen LogP contribution in [0.2, 0.25) is 0 Å². The molecule has 1 heterocycles. The number of hydrogen-bond donors (Lipinski definition) is 1. The summed E-state index contributed by atoms with van der Waals surface area (Å²) in [5.41, 5.74) is 1.00. The number of nitrogens with zero attached hydrogens (tertiary/aromatic N) is 1. The molecule has 1 aromatic carbocycles.